The lowest BCUT2D eigenvalue weighted by molar-refractivity contribution is -0.141. The van der Waals surface area contributed by atoms with Crippen molar-refractivity contribution < 1.29 is 14.7 Å². The van der Waals surface area contributed by atoms with Gasteiger partial charge >= 0.3 is 5.97 Å². The van der Waals surface area contributed by atoms with Gasteiger partial charge in [0.2, 0.25) is 0 Å². The number of halogens is 1. The van der Waals surface area contributed by atoms with Gasteiger partial charge < -0.3 is 15.7 Å². The molecule has 1 heterocycles. The molecule has 1 aromatic carbocycles. The van der Waals surface area contributed by atoms with Gasteiger partial charge in [-0.2, -0.15) is 0 Å². The molecule has 2 rings (SSSR count). The Labute approximate surface area is 129 Å². The minimum Gasteiger partial charge on any atom is -0.480 e. The second kappa shape index (κ2) is 6.05. The van der Waals surface area contributed by atoms with Crippen molar-refractivity contribution in [3.05, 3.63) is 28.2 Å². The molecule has 1 aromatic rings. The highest BCUT2D eigenvalue weighted by Gasteiger charge is 2.41. The van der Waals surface area contributed by atoms with Crippen LogP contribution in [0, 0.1) is 0 Å². The molecular formula is C13H15BrN2O3S. The smallest absolute Gasteiger partial charge is 0.327 e. The second-order valence-electron chi connectivity index (χ2n) is 4.50. The SMILES string of the molecule is CCC1SCC(C(=O)O)N1C(=O)c1ccc(Br)c(N)c1. The van der Waals surface area contributed by atoms with E-state index in [0.29, 0.717) is 27.9 Å². The molecule has 0 saturated carbocycles. The highest BCUT2D eigenvalue weighted by atomic mass is 79.9. The van der Waals surface area contributed by atoms with Crippen LogP contribution >= 0.6 is 27.7 Å². The fourth-order valence-electron chi connectivity index (χ4n) is 2.17. The predicted octanol–water partition coefficient (Wildman–Crippen LogP) is 2.41. The topological polar surface area (TPSA) is 83.6 Å². The molecule has 5 nitrogen and oxygen atoms in total. The van der Waals surface area contributed by atoms with E-state index in [4.69, 9.17) is 5.73 Å². The lowest BCUT2D eigenvalue weighted by atomic mass is 10.1. The predicted molar refractivity (Wildman–Crippen MR) is 82.7 cm³/mol. The maximum Gasteiger partial charge on any atom is 0.327 e. The number of carboxylic acid groups (broad SMARTS) is 1. The van der Waals surface area contributed by atoms with Crippen LogP contribution in [-0.4, -0.2) is 39.1 Å². The van der Waals surface area contributed by atoms with Crippen molar-refractivity contribution in [2.24, 2.45) is 0 Å². The van der Waals surface area contributed by atoms with Crippen LogP contribution in [0.3, 0.4) is 0 Å². The lowest BCUT2D eigenvalue weighted by Gasteiger charge is -2.26. The summed E-state index contributed by atoms with van der Waals surface area (Å²) in [6, 6.07) is 4.14. The van der Waals surface area contributed by atoms with Gasteiger partial charge in [0.05, 0.1) is 5.37 Å². The number of nitrogens with zero attached hydrogens (tertiary/aromatic N) is 1. The molecule has 2 unspecified atom stereocenters. The van der Waals surface area contributed by atoms with Crippen molar-refractivity contribution in [1.29, 1.82) is 0 Å². The number of nitrogens with two attached hydrogens (primary N) is 1. The van der Waals surface area contributed by atoms with E-state index in [0.717, 1.165) is 0 Å². The Kier molecular flexibility index (Phi) is 4.59. The van der Waals surface area contributed by atoms with Crippen LogP contribution in [0.4, 0.5) is 5.69 Å². The Bertz CT molecular complexity index is 552. The number of hydrogen-bond acceptors (Lipinski definition) is 4. The molecular weight excluding hydrogens is 344 g/mol. The van der Waals surface area contributed by atoms with E-state index >= 15 is 0 Å². The summed E-state index contributed by atoms with van der Waals surface area (Å²) in [5.74, 6) is -0.827. The molecule has 2 atom stereocenters. The summed E-state index contributed by atoms with van der Waals surface area (Å²) in [4.78, 5) is 25.3. The van der Waals surface area contributed by atoms with Crippen LogP contribution in [0.25, 0.3) is 0 Å². The largest absolute Gasteiger partial charge is 0.480 e. The van der Waals surface area contributed by atoms with Gasteiger partial charge in [-0.1, -0.05) is 6.92 Å². The number of carboxylic acids is 1. The number of rotatable bonds is 3. The number of thioether (sulfide) groups is 1. The van der Waals surface area contributed by atoms with Crippen molar-refractivity contribution >= 4 is 45.3 Å². The molecule has 1 fully saturated rings. The minimum absolute atomic E-state index is 0.103. The molecule has 1 aliphatic heterocycles. The van der Waals surface area contributed by atoms with Crippen molar-refractivity contribution in [2.75, 3.05) is 11.5 Å². The van der Waals surface area contributed by atoms with Crippen LogP contribution < -0.4 is 5.73 Å². The summed E-state index contributed by atoms with van der Waals surface area (Å²) in [5.41, 5.74) is 6.66. The van der Waals surface area contributed by atoms with Crippen molar-refractivity contribution in [1.82, 2.24) is 4.90 Å². The van der Waals surface area contributed by atoms with E-state index in [1.54, 1.807) is 18.2 Å². The first kappa shape index (κ1) is 15.2. The zero-order chi connectivity index (χ0) is 14.9. The van der Waals surface area contributed by atoms with Crippen LogP contribution in [0.5, 0.6) is 0 Å². The highest BCUT2D eigenvalue weighted by Crippen LogP contribution is 2.33. The average Bonchev–Trinajstić information content (AvgIpc) is 2.85. The molecule has 1 saturated heterocycles. The first-order valence-corrected chi connectivity index (χ1v) is 8.02. The van der Waals surface area contributed by atoms with Gasteiger partial charge in [-0.05, 0) is 40.5 Å². The lowest BCUT2D eigenvalue weighted by Crippen LogP contribution is -2.45. The summed E-state index contributed by atoms with van der Waals surface area (Å²) in [7, 11) is 0. The van der Waals surface area contributed by atoms with E-state index in [1.807, 2.05) is 6.92 Å². The van der Waals surface area contributed by atoms with E-state index in [-0.39, 0.29) is 11.3 Å². The number of nitrogen functional groups attached to an aromatic ring is 1. The summed E-state index contributed by atoms with van der Waals surface area (Å²) in [5, 5.41) is 9.15. The molecule has 3 N–H and O–H groups in total. The molecule has 1 aliphatic rings. The zero-order valence-electron chi connectivity index (χ0n) is 10.9. The quantitative estimate of drug-likeness (QED) is 0.810. The number of benzene rings is 1. The van der Waals surface area contributed by atoms with Crippen LogP contribution in [0.1, 0.15) is 23.7 Å². The number of amides is 1. The van der Waals surface area contributed by atoms with E-state index in [1.165, 1.54) is 16.7 Å². The molecule has 0 aromatic heterocycles. The second-order valence-corrected chi connectivity index (χ2v) is 6.56. The Morgan fingerprint density at radius 3 is 2.80 bits per heavy atom. The van der Waals surface area contributed by atoms with Gasteiger partial charge in [-0.15, -0.1) is 11.8 Å². The van der Waals surface area contributed by atoms with Crippen molar-refractivity contribution in [2.45, 2.75) is 24.8 Å². The number of aliphatic carboxylic acids is 1. The fraction of sp³-hybridized carbons (Fsp3) is 0.385. The molecule has 108 valence electrons. The first-order valence-electron chi connectivity index (χ1n) is 6.17. The van der Waals surface area contributed by atoms with E-state index in [9.17, 15) is 14.7 Å². The summed E-state index contributed by atoms with van der Waals surface area (Å²) >= 11 is 4.78. The molecule has 0 radical (unpaired) electrons. The van der Waals surface area contributed by atoms with Gasteiger partial charge in [-0.3, -0.25) is 4.79 Å². The maximum atomic E-state index is 12.6. The first-order chi connectivity index (χ1) is 9.45. The number of hydrogen-bond donors (Lipinski definition) is 2. The summed E-state index contributed by atoms with van der Waals surface area (Å²) in [6.07, 6.45) is 0.714. The van der Waals surface area contributed by atoms with Crippen LogP contribution in [0.2, 0.25) is 0 Å². The Morgan fingerprint density at radius 2 is 2.25 bits per heavy atom. The van der Waals surface area contributed by atoms with Gasteiger partial charge in [0.25, 0.3) is 5.91 Å². The van der Waals surface area contributed by atoms with Crippen molar-refractivity contribution in [3.8, 4) is 0 Å². The van der Waals surface area contributed by atoms with Crippen molar-refractivity contribution in [3.63, 3.8) is 0 Å². The zero-order valence-corrected chi connectivity index (χ0v) is 13.3. The van der Waals surface area contributed by atoms with E-state index < -0.39 is 12.0 Å². The molecule has 20 heavy (non-hydrogen) atoms. The fourth-order valence-corrected chi connectivity index (χ4v) is 3.76. The molecule has 7 heteroatoms. The minimum atomic E-state index is -0.966. The third kappa shape index (κ3) is 2.78. The number of carbonyl (C=O) groups excluding carboxylic acids is 1. The van der Waals surface area contributed by atoms with Crippen LogP contribution in [0.15, 0.2) is 22.7 Å². The third-order valence-corrected chi connectivity index (χ3v) is 5.38. The van der Waals surface area contributed by atoms with Gasteiger partial charge in [-0.25, -0.2) is 4.79 Å². The summed E-state index contributed by atoms with van der Waals surface area (Å²) < 4.78 is 0.715. The number of carbonyl (C=O) groups is 2. The molecule has 0 aliphatic carbocycles. The molecule has 1 amide bonds. The Morgan fingerprint density at radius 1 is 1.55 bits per heavy atom. The molecule has 0 spiro atoms. The van der Waals surface area contributed by atoms with Gasteiger partial charge in [0, 0.05) is 21.5 Å². The number of anilines is 1. The average molecular weight is 359 g/mol. The monoisotopic (exact) mass is 358 g/mol. The van der Waals surface area contributed by atoms with Gasteiger partial charge in [0.15, 0.2) is 0 Å². The Balaban J connectivity index is 2.33. The normalized spacial score (nSPS) is 22.0. The standard InChI is InChI=1S/C13H15BrN2O3S/c1-2-11-16(10(6-20-11)13(18)19)12(17)7-3-4-8(14)9(15)5-7/h3-5,10-11H,2,6,15H2,1H3,(H,18,19). The third-order valence-electron chi connectivity index (χ3n) is 3.20. The maximum absolute atomic E-state index is 12.6. The highest BCUT2D eigenvalue weighted by molar-refractivity contribution is 9.10. The van der Waals surface area contributed by atoms with E-state index in [2.05, 4.69) is 15.9 Å². The summed E-state index contributed by atoms with van der Waals surface area (Å²) in [6.45, 7) is 1.94. The van der Waals surface area contributed by atoms with Gasteiger partial charge in [0.1, 0.15) is 6.04 Å². The van der Waals surface area contributed by atoms with Crippen LogP contribution in [-0.2, 0) is 4.79 Å². The Hall–Kier alpha value is -1.21. The molecule has 0 bridgehead atoms.